The van der Waals surface area contributed by atoms with Crippen molar-refractivity contribution in [3.05, 3.63) is 0 Å². The second-order valence-corrected chi connectivity index (χ2v) is 6.55. The Balaban J connectivity index is 1.98. The summed E-state index contributed by atoms with van der Waals surface area (Å²) < 4.78 is 27.4. The second kappa shape index (κ2) is 5.00. The average molecular weight is 247 g/mol. The maximum absolute atomic E-state index is 11.7. The molecule has 0 aliphatic carbocycles. The summed E-state index contributed by atoms with van der Waals surface area (Å²) in [4.78, 5) is 0. The van der Waals surface area contributed by atoms with E-state index in [0.717, 1.165) is 19.4 Å². The van der Waals surface area contributed by atoms with Crippen LogP contribution in [0.2, 0.25) is 0 Å². The van der Waals surface area contributed by atoms with Crippen molar-refractivity contribution in [3.63, 3.8) is 0 Å². The van der Waals surface area contributed by atoms with E-state index in [2.05, 4.69) is 10.0 Å². The third-order valence-corrected chi connectivity index (χ3v) is 5.21. The molecule has 0 saturated carbocycles. The Bertz CT molecular complexity index is 325. The minimum Gasteiger partial charge on any atom is -0.314 e. The number of hydrogen-bond donors (Lipinski definition) is 2. The zero-order chi connectivity index (χ0) is 11.6. The average Bonchev–Trinajstić information content (AvgIpc) is 2.83. The Morgan fingerprint density at radius 1 is 1.31 bits per heavy atom. The van der Waals surface area contributed by atoms with E-state index < -0.39 is 10.2 Å². The van der Waals surface area contributed by atoms with Gasteiger partial charge in [0.15, 0.2) is 0 Å². The van der Waals surface area contributed by atoms with Crippen molar-refractivity contribution in [3.8, 4) is 0 Å². The maximum atomic E-state index is 11.7. The van der Waals surface area contributed by atoms with Crippen molar-refractivity contribution in [1.82, 2.24) is 14.3 Å². The Labute approximate surface area is 97.8 Å². The molecule has 0 bridgehead atoms. The topological polar surface area (TPSA) is 61.4 Å². The minimum absolute atomic E-state index is 0.486. The highest BCUT2D eigenvalue weighted by Gasteiger charge is 2.33. The molecule has 0 aromatic rings. The molecule has 2 N–H and O–H groups in total. The van der Waals surface area contributed by atoms with Gasteiger partial charge in [0.2, 0.25) is 0 Å². The molecular weight excluding hydrogens is 226 g/mol. The molecule has 0 aromatic heterocycles. The second-order valence-electron chi connectivity index (χ2n) is 4.67. The molecule has 2 aliphatic heterocycles. The molecule has 6 heteroatoms. The summed E-state index contributed by atoms with van der Waals surface area (Å²) in [5.41, 5.74) is 0. The molecule has 2 saturated heterocycles. The smallest absolute Gasteiger partial charge is 0.279 e. The fraction of sp³-hybridized carbons (Fsp3) is 1.00. The fourth-order valence-corrected chi connectivity index (χ4v) is 3.78. The lowest BCUT2D eigenvalue weighted by Crippen LogP contribution is -2.48. The fourth-order valence-electron chi connectivity index (χ4n) is 2.76. The van der Waals surface area contributed by atoms with Crippen LogP contribution in [-0.4, -0.2) is 45.4 Å². The normalized spacial score (nSPS) is 33.1. The van der Waals surface area contributed by atoms with E-state index in [4.69, 9.17) is 0 Å². The molecule has 2 atom stereocenters. The summed E-state index contributed by atoms with van der Waals surface area (Å²) in [5, 5.41) is 3.47. The van der Waals surface area contributed by atoms with Gasteiger partial charge in [-0.25, -0.2) is 4.72 Å². The van der Waals surface area contributed by atoms with E-state index in [-0.39, 0.29) is 0 Å². The molecule has 0 radical (unpaired) electrons. The lowest BCUT2D eigenvalue weighted by Gasteiger charge is -2.34. The number of piperidine rings is 1. The van der Waals surface area contributed by atoms with E-state index in [9.17, 15) is 8.42 Å². The lowest BCUT2D eigenvalue weighted by atomic mass is 9.91. The first-order valence-corrected chi connectivity index (χ1v) is 7.49. The van der Waals surface area contributed by atoms with E-state index in [0.29, 0.717) is 25.0 Å². The highest BCUT2D eigenvalue weighted by molar-refractivity contribution is 7.87. The summed E-state index contributed by atoms with van der Waals surface area (Å²) in [7, 11) is -1.75. The van der Waals surface area contributed by atoms with Crippen LogP contribution in [-0.2, 0) is 10.2 Å². The van der Waals surface area contributed by atoms with E-state index in [1.165, 1.54) is 19.9 Å². The number of nitrogens with zero attached hydrogens (tertiary/aromatic N) is 1. The van der Waals surface area contributed by atoms with Gasteiger partial charge in [-0.15, -0.1) is 0 Å². The molecule has 16 heavy (non-hydrogen) atoms. The van der Waals surface area contributed by atoms with Gasteiger partial charge in [0.05, 0.1) is 0 Å². The van der Waals surface area contributed by atoms with E-state index in [1.807, 2.05) is 0 Å². The highest BCUT2D eigenvalue weighted by atomic mass is 32.2. The summed E-state index contributed by atoms with van der Waals surface area (Å²) in [5.74, 6) is 0.486. The van der Waals surface area contributed by atoms with Crippen molar-refractivity contribution in [2.24, 2.45) is 5.92 Å². The Kier molecular flexibility index (Phi) is 3.84. The minimum atomic E-state index is -3.23. The van der Waals surface area contributed by atoms with E-state index >= 15 is 0 Å². The first kappa shape index (κ1) is 12.3. The Morgan fingerprint density at radius 3 is 2.75 bits per heavy atom. The number of nitrogens with one attached hydrogen (secondary N) is 2. The van der Waals surface area contributed by atoms with Gasteiger partial charge in [-0.1, -0.05) is 0 Å². The third kappa shape index (κ3) is 2.56. The van der Waals surface area contributed by atoms with Gasteiger partial charge in [-0.2, -0.15) is 12.7 Å². The Morgan fingerprint density at radius 2 is 2.12 bits per heavy atom. The summed E-state index contributed by atoms with van der Waals surface area (Å²) in [6, 6.07) is 0.523. The predicted molar refractivity (Wildman–Crippen MR) is 63.3 cm³/mol. The van der Waals surface area contributed by atoms with Gasteiger partial charge >= 0.3 is 0 Å². The summed E-state index contributed by atoms with van der Waals surface area (Å²) in [6.07, 6.45) is 4.54. The molecule has 2 rings (SSSR count). The molecule has 2 heterocycles. The highest BCUT2D eigenvalue weighted by Crippen LogP contribution is 2.25. The molecular formula is C10H21N3O2S. The SMILES string of the molecule is CNS(=O)(=O)N1CCCC(C2CCCN2)C1. The summed E-state index contributed by atoms with van der Waals surface area (Å²) in [6.45, 7) is 2.41. The summed E-state index contributed by atoms with van der Waals surface area (Å²) >= 11 is 0. The standard InChI is InChI=1S/C10H21N3O2S/c1-11-16(14,15)13-7-3-4-9(8-13)10-5-2-6-12-10/h9-12H,2-8H2,1H3. The largest absolute Gasteiger partial charge is 0.314 e. The number of hydrogen-bond acceptors (Lipinski definition) is 3. The third-order valence-electron chi connectivity index (χ3n) is 3.69. The quantitative estimate of drug-likeness (QED) is 0.733. The van der Waals surface area contributed by atoms with Crippen LogP contribution in [0.5, 0.6) is 0 Å². The maximum Gasteiger partial charge on any atom is 0.279 e. The molecule has 2 fully saturated rings. The van der Waals surface area contributed by atoms with Gasteiger partial charge in [-0.05, 0) is 38.1 Å². The zero-order valence-electron chi connectivity index (χ0n) is 9.78. The van der Waals surface area contributed by atoms with Crippen molar-refractivity contribution < 1.29 is 8.42 Å². The van der Waals surface area contributed by atoms with Crippen molar-refractivity contribution in [2.45, 2.75) is 31.7 Å². The van der Waals surface area contributed by atoms with Crippen LogP contribution in [0.15, 0.2) is 0 Å². The van der Waals surface area contributed by atoms with Gasteiger partial charge in [0.25, 0.3) is 10.2 Å². The van der Waals surface area contributed by atoms with Crippen LogP contribution < -0.4 is 10.0 Å². The lowest BCUT2D eigenvalue weighted by molar-refractivity contribution is 0.225. The molecule has 5 nitrogen and oxygen atoms in total. The van der Waals surface area contributed by atoms with Gasteiger partial charge in [0, 0.05) is 26.2 Å². The van der Waals surface area contributed by atoms with Crippen LogP contribution in [0, 0.1) is 5.92 Å². The van der Waals surface area contributed by atoms with Crippen molar-refractivity contribution in [1.29, 1.82) is 0 Å². The van der Waals surface area contributed by atoms with Crippen LogP contribution in [0.25, 0.3) is 0 Å². The predicted octanol–water partition coefficient (Wildman–Crippen LogP) is -0.0854. The molecule has 0 spiro atoms. The monoisotopic (exact) mass is 247 g/mol. The van der Waals surface area contributed by atoms with Crippen molar-refractivity contribution >= 4 is 10.2 Å². The van der Waals surface area contributed by atoms with E-state index in [1.54, 1.807) is 4.31 Å². The molecule has 0 aromatic carbocycles. The molecule has 0 amide bonds. The molecule has 94 valence electrons. The first-order valence-electron chi connectivity index (χ1n) is 6.05. The van der Waals surface area contributed by atoms with Crippen LogP contribution in [0.1, 0.15) is 25.7 Å². The first-order chi connectivity index (χ1) is 7.63. The van der Waals surface area contributed by atoms with Crippen molar-refractivity contribution in [2.75, 3.05) is 26.7 Å². The van der Waals surface area contributed by atoms with Crippen LogP contribution >= 0.6 is 0 Å². The van der Waals surface area contributed by atoms with Crippen LogP contribution in [0.3, 0.4) is 0 Å². The molecule has 2 unspecified atom stereocenters. The number of rotatable bonds is 3. The molecule has 2 aliphatic rings. The van der Waals surface area contributed by atoms with Gasteiger partial charge in [0.1, 0.15) is 0 Å². The van der Waals surface area contributed by atoms with Crippen LogP contribution in [0.4, 0.5) is 0 Å². The van der Waals surface area contributed by atoms with Gasteiger partial charge < -0.3 is 5.32 Å². The van der Waals surface area contributed by atoms with Gasteiger partial charge in [-0.3, -0.25) is 0 Å². The Hall–Kier alpha value is -0.170. The zero-order valence-corrected chi connectivity index (χ0v) is 10.6.